The normalized spacial score (nSPS) is 11.9. The lowest BCUT2D eigenvalue weighted by Crippen LogP contribution is -2.16. The standard InChI is InChI=1S/C15H15FN2O3/c1-21-10-14(11-5-3-2-4-6-11)17-12-7-8-15(18(19)20)13(16)9-12/h2-9,14,17H,10H2,1H3. The molecule has 5 nitrogen and oxygen atoms in total. The smallest absolute Gasteiger partial charge is 0.304 e. The summed E-state index contributed by atoms with van der Waals surface area (Å²) in [5, 5.41) is 13.7. The Bertz CT molecular complexity index is 620. The molecule has 0 spiro atoms. The van der Waals surface area contributed by atoms with Gasteiger partial charge >= 0.3 is 5.69 Å². The minimum Gasteiger partial charge on any atom is -0.382 e. The van der Waals surface area contributed by atoms with E-state index >= 15 is 0 Å². The summed E-state index contributed by atoms with van der Waals surface area (Å²) < 4.78 is 18.8. The molecule has 0 amide bonds. The Morgan fingerprint density at radius 3 is 2.57 bits per heavy atom. The van der Waals surface area contributed by atoms with Crippen molar-refractivity contribution < 1.29 is 14.1 Å². The van der Waals surface area contributed by atoms with Gasteiger partial charge in [-0.25, -0.2) is 0 Å². The summed E-state index contributed by atoms with van der Waals surface area (Å²) >= 11 is 0. The van der Waals surface area contributed by atoms with Crippen molar-refractivity contribution in [2.24, 2.45) is 0 Å². The highest BCUT2D eigenvalue weighted by Gasteiger charge is 2.16. The molecule has 21 heavy (non-hydrogen) atoms. The number of methoxy groups -OCH3 is 1. The third kappa shape index (κ3) is 3.76. The number of ether oxygens (including phenoxy) is 1. The molecule has 1 N–H and O–H groups in total. The molecule has 1 atom stereocenters. The minimum absolute atomic E-state index is 0.169. The number of rotatable bonds is 6. The Morgan fingerprint density at radius 1 is 1.29 bits per heavy atom. The Morgan fingerprint density at radius 2 is 2.00 bits per heavy atom. The Labute approximate surface area is 121 Å². The molecule has 2 aromatic carbocycles. The number of nitrogens with one attached hydrogen (secondary N) is 1. The van der Waals surface area contributed by atoms with Crippen molar-refractivity contribution in [1.29, 1.82) is 0 Å². The molecule has 2 aromatic rings. The maximum absolute atomic E-state index is 13.6. The van der Waals surface area contributed by atoms with Crippen LogP contribution in [0.2, 0.25) is 0 Å². The lowest BCUT2D eigenvalue weighted by atomic mass is 10.1. The summed E-state index contributed by atoms with van der Waals surface area (Å²) in [5.74, 6) is -0.866. The van der Waals surface area contributed by atoms with E-state index in [2.05, 4.69) is 5.32 Å². The Hall–Kier alpha value is -2.47. The van der Waals surface area contributed by atoms with Gasteiger partial charge in [-0.3, -0.25) is 10.1 Å². The molecule has 0 aliphatic heterocycles. The molecule has 0 aliphatic carbocycles. The highest BCUT2D eigenvalue weighted by atomic mass is 19.1. The van der Waals surface area contributed by atoms with Gasteiger partial charge in [0.2, 0.25) is 5.82 Å². The van der Waals surface area contributed by atoms with Gasteiger partial charge in [-0.05, 0) is 11.6 Å². The Balaban J connectivity index is 2.21. The monoisotopic (exact) mass is 290 g/mol. The summed E-state index contributed by atoms with van der Waals surface area (Å²) in [5.41, 5.74) is 0.908. The molecule has 0 saturated carbocycles. The largest absolute Gasteiger partial charge is 0.382 e. The highest BCUT2D eigenvalue weighted by Crippen LogP contribution is 2.24. The van der Waals surface area contributed by atoms with Crippen LogP contribution in [-0.2, 0) is 4.74 Å². The number of nitro benzene ring substituents is 1. The zero-order chi connectivity index (χ0) is 15.2. The predicted octanol–water partition coefficient (Wildman–Crippen LogP) is 3.53. The van der Waals surface area contributed by atoms with E-state index in [9.17, 15) is 14.5 Å². The third-order valence-electron chi connectivity index (χ3n) is 3.02. The van der Waals surface area contributed by atoms with Crippen molar-refractivity contribution in [3.63, 3.8) is 0 Å². The van der Waals surface area contributed by atoms with E-state index in [0.29, 0.717) is 12.3 Å². The highest BCUT2D eigenvalue weighted by molar-refractivity contribution is 5.51. The lowest BCUT2D eigenvalue weighted by molar-refractivity contribution is -0.387. The third-order valence-corrected chi connectivity index (χ3v) is 3.02. The number of benzene rings is 2. The molecule has 0 radical (unpaired) electrons. The molecule has 0 saturated heterocycles. The molecule has 110 valence electrons. The summed E-state index contributed by atoms with van der Waals surface area (Å²) in [7, 11) is 1.58. The molecule has 0 heterocycles. The fraction of sp³-hybridized carbons (Fsp3) is 0.200. The van der Waals surface area contributed by atoms with Crippen molar-refractivity contribution >= 4 is 11.4 Å². The van der Waals surface area contributed by atoms with Crippen LogP contribution in [0.4, 0.5) is 15.8 Å². The summed E-state index contributed by atoms with van der Waals surface area (Å²) in [6, 6.07) is 13.1. The minimum atomic E-state index is -0.866. The molecule has 2 rings (SSSR count). The second-order valence-corrected chi connectivity index (χ2v) is 4.49. The van der Waals surface area contributed by atoms with Gasteiger partial charge in [0.25, 0.3) is 0 Å². The van der Waals surface area contributed by atoms with Crippen LogP contribution in [0, 0.1) is 15.9 Å². The Kier molecular flexibility index (Phi) is 4.84. The molecule has 0 fully saturated rings. The van der Waals surface area contributed by atoms with Gasteiger partial charge in [0.05, 0.1) is 17.6 Å². The first-order valence-corrected chi connectivity index (χ1v) is 6.36. The molecular weight excluding hydrogens is 275 g/mol. The van der Waals surface area contributed by atoms with Crippen LogP contribution in [0.5, 0.6) is 0 Å². The van der Waals surface area contributed by atoms with Crippen LogP contribution < -0.4 is 5.32 Å². The van der Waals surface area contributed by atoms with Gasteiger partial charge in [0.15, 0.2) is 0 Å². The van der Waals surface area contributed by atoms with Crippen LogP contribution in [0.3, 0.4) is 0 Å². The van der Waals surface area contributed by atoms with E-state index in [-0.39, 0.29) is 6.04 Å². The fourth-order valence-electron chi connectivity index (χ4n) is 2.02. The number of nitro groups is 1. The van der Waals surface area contributed by atoms with Crippen LogP contribution in [0.15, 0.2) is 48.5 Å². The predicted molar refractivity (Wildman–Crippen MR) is 77.7 cm³/mol. The van der Waals surface area contributed by atoms with Gasteiger partial charge in [0, 0.05) is 24.9 Å². The summed E-state index contributed by atoms with van der Waals surface area (Å²) in [6.07, 6.45) is 0. The number of halogens is 1. The molecule has 0 aliphatic rings. The van der Waals surface area contributed by atoms with Crippen LogP contribution in [0.25, 0.3) is 0 Å². The fourth-order valence-corrected chi connectivity index (χ4v) is 2.02. The lowest BCUT2D eigenvalue weighted by Gasteiger charge is -2.19. The zero-order valence-electron chi connectivity index (χ0n) is 11.5. The molecular formula is C15H15FN2O3. The number of nitrogens with zero attached hydrogens (tertiary/aromatic N) is 1. The second-order valence-electron chi connectivity index (χ2n) is 4.49. The molecule has 1 unspecified atom stereocenters. The second kappa shape index (κ2) is 6.81. The van der Waals surface area contributed by atoms with Crippen LogP contribution >= 0.6 is 0 Å². The van der Waals surface area contributed by atoms with Gasteiger partial charge < -0.3 is 10.1 Å². The topological polar surface area (TPSA) is 64.4 Å². The van der Waals surface area contributed by atoms with Crippen molar-refractivity contribution in [2.45, 2.75) is 6.04 Å². The van der Waals surface area contributed by atoms with E-state index in [0.717, 1.165) is 17.7 Å². The number of hydrogen-bond acceptors (Lipinski definition) is 4. The van der Waals surface area contributed by atoms with Gasteiger partial charge in [-0.15, -0.1) is 0 Å². The summed E-state index contributed by atoms with van der Waals surface area (Å²) in [6.45, 7) is 0.391. The van der Waals surface area contributed by atoms with Crippen LogP contribution in [0.1, 0.15) is 11.6 Å². The first kappa shape index (κ1) is 14.9. The van der Waals surface area contributed by atoms with Crippen molar-refractivity contribution in [3.8, 4) is 0 Å². The van der Waals surface area contributed by atoms with E-state index in [1.54, 1.807) is 7.11 Å². The van der Waals surface area contributed by atoms with Gasteiger partial charge in [0.1, 0.15) is 0 Å². The van der Waals surface area contributed by atoms with Gasteiger partial charge in [-0.1, -0.05) is 30.3 Å². The summed E-state index contributed by atoms with van der Waals surface area (Å²) in [4.78, 5) is 9.86. The van der Waals surface area contributed by atoms with Crippen molar-refractivity contribution in [3.05, 3.63) is 70.0 Å². The quantitative estimate of drug-likeness (QED) is 0.653. The zero-order valence-corrected chi connectivity index (χ0v) is 11.5. The van der Waals surface area contributed by atoms with Gasteiger partial charge in [-0.2, -0.15) is 4.39 Å². The first-order valence-electron chi connectivity index (χ1n) is 6.36. The first-order chi connectivity index (χ1) is 10.1. The van der Waals surface area contributed by atoms with E-state index < -0.39 is 16.4 Å². The average Bonchev–Trinajstić information content (AvgIpc) is 2.47. The SMILES string of the molecule is COCC(Nc1ccc([N+](=O)[O-])c(F)c1)c1ccccc1. The number of hydrogen-bond donors (Lipinski definition) is 1. The van der Waals surface area contributed by atoms with Crippen molar-refractivity contribution in [1.82, 2.24) is 0 Å². The van der Waals surface area contributed by atoms with Crippen LogP contribution in [-0.4, -0.2) is 18.6 Å². The van der Waals surface area contributed by atoms with E-state index in [4.69, 9.17) is 4.74 Å². The molecule has 6 heteroatoms. The molecule has 0 aromatic heterocycles. The maximum atomic E-state index is 13.6. The number of anilines is 1. The average molecular weight is 290 g/mol. The maximum Gasteiger partial charge on any atom is 0.304 e. The van der Waals surface area contributed by atoms with E-state index in [1.165, 1.54) is 6.07 Å². The van der Waals surface area contributed by atoms with E-state index in [1.807, 2.05) is 30.3 Å². The molecule has 0 bridgehead atoms. The van der Waals surface area contributed by atoms with Crippen molar-refractivity contribution in [2.75, 3.05) is 19.0 Å².